The summed E-state index contributed by atoms with van der Waals surface area (Å²) >= 11 is 0. The zero-order chi connectivity index (χ0) is 20.9. The van der Waals surface area contributed by atoms with E-state index in [0.717, 1.165) is 0 Å². The molecule has 29 heavy (non-hydrogen) atoms. The van der Waals surface area contributed by atoms with Crippen LogP contribution in [0.4, 0.5) is 10.1 Å². The third-order valence-corrected chi connectivity index (χ3v) is 6.61. The topological polar surface area (TPSA) is 108 Å². The number of carbonyl (C=O) groups is 2. The summed E-state index contributed by atoms with van der Waals surface area (Å²) in [4.78, 5) is 27.8. The number of halogens is 1. The van der Waals surface area contributed by atoms with Crippen molar-refractivity contribution < 1.29 is 22.4 Å². The Labute approximate surface area is 168 Å². The predicted octanol–water partition coefficient (Wildman–Crippen LogP) is 1.38. The Morgan fingerprint density at radius 2 is 1.83 bits per heavy atom. The Balaban J connectivity index is 1.47. The van der Waals surface area contributed by atoms with E-state index in [1.54, 1.807) is 12.1 Å². The largest absolute Gasteiger partial charge is 0.348 e. The summed E-state index contributed by atoms with van der Waals surface area (Å²) in [6, 6.07) is 8.64. The maximum absolute atomic E-state index is 13.5. The monoisotopic (exact) mass is 420 g/mol. The van der Waals surface area contributed by atoms with Crippen LogP contribution in [0.3, 0.4) is 0 Å². The first-order valence-corrected chi connectivity index (χ1v) is 10.6. The Morgan fingerprint density at radius 3 is 2.48 bits per heavy atom. The number of hydrogen-bond donors (Lipinski definition) is 2. The van der Waals surface area contributed by atoms with Crippen LogP contribution >= 0.6 is 0 Å². The lowest BCUT2D eigenvalue weighted by Crippen LogP contribution is -2.43. The molecule has 1 fully saturated rings. The fraction of sp³-hybridized carbons (Fsp3) is 0.316. The number of piperidine rings is 1. The molecule has 0 unspecified atom stereocenters. The van der Waals surface area contributed by atoms with Gasteiger partial charge in [-0.25, -0.2) is 12.8 Å². The normalized spacial score (nSPS) is 15.6. The van der Waals surface area contributed by atoms with Crippen LogP contribution in [-0.2, 0) is 19.6 Å². The van der Waals surface area contributed by atoms with Gasteiger partial charge in [0.05, 0.1) is 5.69 Å². The van der Waals surface area contributed by atoms with Crippen molar-refractivity contribution in [3.8, 4) is 0 Å². The number of carbonyl (C=O) groups excluding carboxylic acids is 2. The zero-order valence-electron chi connectivity index (χ0n) is 15.5. The fourth-order valence-corrected chi connectivity index (χ4v) is 4.50. The Bertz CT molecular complexity index is 977. The highest BCUT2D eigenvalue weighted by atomic mass is 32.2. The summed E-state index contributed by atoms with van der Waals surface area (Å²) in [5.41, 5.74) is -0.0680. The molecule has 3 rings (SSSR count). The number of amides is 2. The molecular formula is C19H21FN4O4S. The van der Waals surface area contributed by atoms with Crippen LogP contribution in [0.1, 0.15) is 12.8 Å². The van der Waals surface area contributed by atoms with Gasteiger partial charge in [0.2, 0.25) is 10.0 Å². The van der Waals surface area contributed by atoms with E-state index >= 15 is 0 Å². The number of benzene rings is 1. The van der Waals surface area contributed by atoms with Gasteiger partial charge in [0.1, 0.15) is 10.7 Å². The van der Waals surface area contributed by atoms with Crippen LogP contribution in [0.2, 0.25) is 0 Å². The van der Waals surface area contributed by atoms with E-state index in [1.165, 1.54) is 41.0 Å². The standard InChI is InChI=1S/C19H21FN4O4S/c20-16-5-1-2-6-17(16)23-19(26)18(25)22-12-14-7-10-24(11-8-14)29(27,28)15-4-3-9-21-13-15/h1-6,9,13-14H,7-8,10-12H2,(H,22,25)(H,23,26). The van der Waals surface area contributed by atoms with Gasteiger partial charge in [0.25, 0.3) is 0 Å². The van der Waals surface area contributed by atoms with E-state index in [2.05, 4.69) is 15.6 Å². The molecule has 2 N–H and O–H groups in total. The molecule has 1 aliphatic heterocycles. The molecule has 0 atom stereocenters. The maximum atomic E-state index is 13.5. The molecule has 0 radical (unpaired) electrons. The summed E-state index contributed by atoms with van der Waals surface area (Å²) in [6.07, 6.45) is 3.93. The summed E-state index contributed by atoms with van der Waals surface area (Å²) in [7, 11) is -3.58. The molecule has 154 valence electrons. The van der Waals surface area contributed by atoms with E-state index < -0.39 is 27.7 Å². The van der Waals surface area contributed by atoms with Crippen molar-refractivity contribution in [3.05, 3.63) is 54.6 Å². The minimum Gasteiger partial charge on any atom is -0.348 e. The lowest BCUT2D eigenvalue weighted by Gasteiger charge is -2.31. The summed E-state index contributed by atoms with van der Waals surface area (Å²) < 4.78 is 40.1. The van der Waals surface area contributed by atoms with E-state index in [1.807, 2.05) is 0 Å². The highest BCUT2D eigenvalue weighted by Gasteiger charge is 2.30. The van der Waals surface area contributed by atoms with Crippen LogP contribution in [0.5, 0.6) is 0 Å². The van der Waals surface area contributed by atoms with Gasteiger partial charge in [-0.05, 0) is 43.0 Å². The number of sulfonamides is 1. The molecule has 1 aliphatic rings. The quantitative estimate of drug-likeness (QED) is 0.711. The zero-order valence-corrected chi connectivity index (χ0v) is 16.4. The van der Waals surface area contributed by atoms with Crippen LogP contribution in [0.15, 0.2) is 53.7 Å². The number of nitrogens with one attached hydrogen (secondary N) is 2. The van der Waals surface area contributed by atoms with Crippen LogP contribution in [0.25, 0.3) is 0 Å². The molecule has 8 nitrogen and oxygen atoms in total. The Hall–Kier alpha value is -2.85. The third kappa shape index (κ3) is 5.15. The fourth-order valence-electron chi connectivity index (χ4n) is 3.06. The third-order valence-electron chi connectivity index (χ3n) is 4.73. The molecule has 0 saturated carbocycles. The number of para-hydroxylation sites is 1. The molecule has 2 aromatic rings. The molecule has 0 aliphatic carbocycles. The molecular weight excluding hydrogens is 399 g/mol. The number of aromatic nitrogens is 1. The van der Waals surface area contributed by atoms with E-state index in [-0.39, 0.29) is 23.0 Å². The second kappa shape index (κ2) is 9.10. The van der Waals surface area contributed by atoms with E-state index in [0.29, 0.717) is 25.9 Å². The molecule has 1 aromatic carbocycles. The first-order valence-electron chi connectivity index (χ1n) is 9.12. The average Bonchev–Trinajstić information content (AvgIpc) is 2.74. The van der Waals surface area contributed by atoms with Gasteiger partial charge in [0, 0.05) is 32.0 Å². The highest BCUT2D eigenvalue weighted by Crippen LogP contribution is 2.23. The van der Waals surface area contributed by atoms with E-state index in [4.69, 9.17) is 0 Å². The van der Waals surface area contributed by atoms with Gasteiger partial charge >= 0.3 is 11.8 Å². The van der Waals surface area contributed by atoms with Gasteiger partial charge in [-0.1, -0.05) is 12.1 Å². The molecule has 10 heteroatoms. The van der Waals surface area contributed by atoms with Crippen molar-refractivity contribution in [3.63, 3.8) is 0 Å². The Morgan fingerprint density at radius 1 is 1.10 bits per heavy atom. The minimum absolute atomic E-state index is 0.0422. The maximum Gasteiger partial charge on any atom is 0.313 e. The first-order chi connectivity index (χ1) is 13.9. The van der Waals surface area contributed by atoms with Gasteiger partial charge in [-0.2, -0.15) is 4.31 Å². The number of hydrogen-bond acceptors (Lipinski definition) is 5. The van der Waals surface area contributed by atoms with Crippen molar-refractivity contribution in [2.24, 2.45) is 5.92 Å². The summed E-state index contributed by atoms with van der Waals surface area (Å²) in [5.74, 6) is -2.40. The molecule has 0 bridgehead atoms. The van der Waals surface area contributed by atoms with Crippen LogP contribution in [0, 0.1) is 11.7 Å². The van der Waals surface area contributed by atoms with Crippen molar-refractivity contribution in [1.29, 1.82) is 0 Å². The van der Waals surface area contributed by atoms with E-state index in [9.17, 15) is 22.4 Å². The summed E-state index contributed by atoms with van der Waals surface area (Å²) in [6.45, 7) is 0.878. The SMILES string of the molecule is O=C(NCC1CCN(S(=O)(=O)c2cccnc2)CC1)C(=O)Nc1ccccc1F. The van der Waals surface area contributed by atoms with Crippen molar-refractivity contribution in [2.75, 3.05) is 25.0 Å². The Kier molecular flexibility index (Phi) is 6.55. The number of rotatable bonds is 5. The lowest BCUT2D eigenvalue weighted by atomic mass is 9.98. The van der Waals surface area contributed by atoms with Gasteiger partial charge in [0.15, 0.2) is 0 Å². The van der Waals surface area contributed by atoms with Crippen molar-refractivity contribution in [2.45, 2.75) is 17.7 Å². The summed E-state index contributed by atoms with van der Waals surface area (Å²) in [5, 5.41) is 4.75. The molecule has 2 heterocycles. The van der Waals surface area contributed by atoms with Crippen molar-refractivity contribution in [1.82, 2.24) is 14.6 Å². The first kappa shape index (κ1) is 20.9. The average molecular weight is 420 g/mol. The molecule has 2 amide bonds. The number of pyridine rings is 1. The second-order valence-electron chi connectivity index (χ2n) is 6.68. The second-order valence-corrected chi connectivity index (χ2v) is 8.62. The number of nitrogens with zero attached hydrogens (tertiary/aromatic N) is 2. The lowest BCUT2D eigenvalue weighted by molar-refractivity contribution is -0.136. The van der Waals surface area contributed by atoms with Crippen LogP contribution < -0.4 is 10.6 Å². The predicted molar refractivity (Wildman–Crippen MR) is 104 cm³/mol. The molecule has 1 saturated heterocycles. The minimum atomic E-state index is -3.58. The van der Waals surface area contributed by atoms with Crippen LogP contribution in [-0.4, -0.2) is 49.2 Å². The smallest absolute Gasteiger partial charge is 0.313 e. The molecule has 0 spiro atoms. The molecule has 1 aromatic heterocycles. The van der Waals surface area contributed by atoms with Gasteiger partial charge in [-0.3, -0.25) is 14.6 Å². The number of anilines is 1. The van der Waals surface area contributed by atoms with Gasteiger partial charge in [-0.15, -0.1) is 0 Å². The highest BCUT2D eigenvalue weighted by molar-refractivity contribution is 7.89. The van der Waals surface area contributed by atoms with Crippen molar-refractivity contribution >= 4 is 27.5 Å². The van der Waals surface area contributed by atoms with Gasteiger partial charge < -0.3 is 10.6 Å².